The smallest absolute Gasteiger partial charge is 0.297 e. The fourth-order valence-electron chi connectivity index (χ4n) is 2.93. The molecule has 33 heavy (non-hydrogen) atoms. The van der Waals surface area contributed by atoms with Gasteiger partial charge in [-0.25, -0.2) is 0 Å². The highest BCUT2D eigenvalue weighted by atomic mass is 32.2. The third-order valence-electron chi connectivity index (χ3n) is 4.77. The van der Waals surface area contributed by atoms with Gasteiger partial charge in [0.1, 0.15) is 0 Å². The number of rotatable bonds is 19. The Hall–Kier alpha value is -1.69. The van der Waals surface area contributed by atoms with E-state index < -0.39 is 10.1 Å². The highest BCUT2D eigenvalue weighted by molar-refractivity contribution is 7.86. The van der Waals surface area contributed by atoms with E-state index >= 15 is 0 Å². The Labute approximate surface area is 198 Å². The number of hydrogen-bond donors (Lipinski definition) is 0. The summed E-state index contributed by atoms with van der Waals surface area (Å²) in [4.78, 5) is 4.52. The van der Waals surface area contributed by atoms with Crippen molar-refractivity contribution in [2.75, 3.05) is 79.2 Å². The van der Waals surface area contributed by atoms with E-state index in [9.17, 15) is 8.42 Å². The first-order valence-corrected chi connectivity index (χ1v) is 12.9. The van der Waals surface area contributed by atoms with Crippen LogP contribution in [0, 0.1) is 6.92 Å². The van der Waals surface area contributed by atoms with Crippen molar-refractivity contribution in [3.63, 3.8) is 0 Å². The topological polar surface area (TPSA) is 86.8 Å². The summed E-state index contributed by atoms with van der Waals surface area (Å²) >= 11 is 0. The Balaban J connectivity index is 1.40. The molecule has 1 aromatic rings. The third kappa shape index (κ3) is 11.8. The van der Waals surface area contributed by atoms with Crippen LogP contribution in [0.4, 0.5) is 0 Å². The Morgan fingerprint density at radius 2 is 1.21 bits per heavy atom. The zero-order chi connectivity index (χ0) is 23.8. The summed E-state index contributed by atoms with van der Waals surface area (Å²) in [5.41, 5.74) is 0.990. The minimum atomic E-state index is -3.75. The fraction of sp³-hybridized carbons (Fsp3) is 0.652. The van der Waals surface area contributed by atoms with Gasteiger partial charge in [-0.15, -0.1) is 0 Å². The van der Waals surface area contributed by atoms with E-state index in [4.69, 9.17) is 23.1 Å². The Bertz CT molecular complexity index is 772. The number of hydrogen-bond acceptors (Lipinski definition) is 9. The molecule has 0 amide bonds. The van der Waals surface area contributed by atoms with Crippen LogP contribution in [-0.4, -0.2) is 97.4 Å². The molecule has 0 aromatic heterocycles. The largest absolute Gasteiger partial charge is 0.379 e. The minimum absolute atomic E-state index is 0.0277. The van der Waals surface area contributed by atoms with Crippen molar-refractivity contribution < 1.29 is 31.5 Å². The van der Waals surface area contributed by atoms with E-state index in [2.05, 4.69) is 29.1 Å². The molecule has 0 aliphatic carbocycles. The summed E-state index contributed by atoms with van der Waals surface area (Å²) < 4.78 is 51.0. The molecule has 0 saturated heterocycles. The SMILES string of the molecule is CCCOCCOCCN1C=CN(CCOCCOCCOS(=O)(=O)c2ccc(C)cc2)C1. The maximum atomic E-state index is 12.1. The van der Waals surface area contributed by atoms with Crippen molar-refractivity contribution in [3.8, 4) is 0 Å². The predicted octanol–water partition coefficient (Wildman–Crippen LogP) is 2.22. The standard InChI is InChI=1S/C23H38N2O7S/c1-3-12-28-15-16-29-13-10-24-8-9-25(21-24)11-14-30-17-18-31-19-20-32-33(26,27)23-6-4-22(2)5-7-23/h4-9H,3,10-21H2,1-2H3. The van der Waals surface area contributed by atoms with E-state index in [-0.39, 0.29) is 18.1 Å². The lowest BCUT2D eigenvalue weighted by atomic mass is 10.2. The molecule has 0 bridgehead atoms. The molecule has 188 valence electrons. The fourth-order valence-corrected chi connectivity index (χ4v) is 3.83. The van der Waals surface area contributed by atoms with Gasteiger partial charge in [0.2, 0.25) is 0 Å². The van der Waals surface area contributed by atoms with Gasteiger partial charge >= 0.3 is 0 Å². The lowest BCUT2D eigenvalue weighted by Gasteiger charge is -2.21. The lowest BCUT2D eigenvalue weighted by molar-refractivity contribution is 0.0297. The quantitative estimate of drug-likeness (QED) is 0.216. The molecule has 1 aliphatic rings. The summed E-state index contributed by atoms with van der Waals surface area (Å²) in [7, 11) is -3.75. The molecule has 1 aromatic carbocycles. The normalized spacial score (nSPS) is 13.9. The Kier molecular flexibility index (Phi) is 13.4. The van der Waals surface area contributed by atoms with E-state index in [0.29, 0.717) is 39.6 Å². The molecule has 9 nitrogen and oxygen atoms in total. The molecule has 1 aliphatic heterocycles. The van der Waals surface area contributed by atoms with Crippen LogP contribution in [0.25, 0.3) is 0 Å². The van der Waals surface area contributed by atoms with Crippen LogP contribution >= 0.6 is 0 Å². The molecule has 10 heteroatoms. The van der Waals surface area contributed by atoms with Gasteiger partial charge in [0.25, 0.3) is 10.1 Å². The molecule has 0 unspecified atom stereocenters. The molecule has 1 heterocycles. The van der Waals surface area contributed by atoms with Crippen molar-refractivity contribution in [3.05, 3.63) is 42.2 Å². The zero-order valence-electron chi connectivity index (χ0n) is 19.8. The van der Waals surface area contributed by atoms with E-state index in [1.807, 2.05) is 6.92 Å². The second-order valence-electron chi connectivity index (χ2n) is 7.60. The van der Waals surface area contributed by atoms with Crippen LogP contribution in [-0.2, 0) is 33.2 Å². The first-order chi connectivity index (χ1) is 16.0. The van der Waals surface area contributed by atoms with Crippen molar-refractivity contribution in [2.45, 2.75) is 25.2 Å². The summed E-state index contributed by atoms with van der Waals surface area (Å²) in [6, 6.07) is 6.54. The summed E-state index contributed by atoms with van der Waals surface area (Å²) in [6.45, 7) is 10.8. The maximum Gasteiger partial charge on any atom is 0.297 e. The second kappa shape index (κ2) is 16.0. The average Bonchev–Trinajstić information content (AvgIpc) is 3.25. The van der Waals surface area contributed by atoms with Crippen molar-refractivity contribution in [1.82, 2.24) is 9.80 Å². The van der Waals surface area contributed by atoms with Gasteiger partial charge in [0.05, 0.1) is 64.4 Å². The van der Waals surface area contributed by atoms with Crippen molar-refractivity contribution in [1.29, 1.82) is 0 Å². The van der Waals surface area contributed by atoms with Crippen LogP contribution in [0.15, 0.2) is 41.6 Å². The molecular weight excluding hydrogens is 448 g/mol. The molecule has 0 fully saturated rings. The molecule has 0 atom stereocenters. The highest BCUT2D eigenvalue weighted by Crippen LogP contribution is 2.13. The second-order valence-corrected chi connectivity index (χ2v) is 9.22. The summed E-state index contributed by atoms with van der Waals surface area (Å²) in [6.07, 6.45) is 5.14. The highest BCUT2D eigenvalue weighted by Gasteiger charge is 2.14. The summed E-state index contributed by atoms with van der Waals surface area (Å²) in [5, 5.41) is 0. The van der Waals surface area contributed by atoms with Crippen molar-refractivity contribution >= 4 is 10.1 Å². The first kappa shape index (κ1) is 27.6. The molecule has 0 saturated carbocycles. The molecule has 0 radical (unpaired) electrons. The van der Waals surface area contributed by atoms with Gasteiger partial charge in [0.15, 0.2) is 0 Å². The molecule has 2 rings (SSSR count). The van der Waals surface area contributed by atoms with Crippen LogP contribution in [0.2, 0.25) is 0 Å². The van der Waals surface area contributed by atoms with E-state index in [0.717, 1.165) is 38.3 Å². The van der Waals surface area contributed by atoms with Gasteiger partial charge in [-0.05, 0) is 25.5 Å². The van der Waals surface area contributed by atoms with E-state index in [1.165, 1.54) is 12.1 Å². The molecule has 0 N–H and O–H groups in total. The summed E-state index contributed by atoms with van der Waals surface area (Å²) in [5.74, 6) is 0. The van der Waals surface area contributed by atoms with Gasteiger partial charge < -0.3 is 28.7 Å². The van der Waals surface area contributed by atoms with Gasteiger partial charge in [-0.2, -0.15) is 8.42 Å². The van der Waals surface area contributed by atoms with Crippen LogP contribution in [0.5, 0.6) is 0 Å². The van der Waals surface area contributed by atoms with E-state index in [1.54, 1.807) is 12.1 Å². The van der Waals surface area contributed by atoms with Crippen molar-refractivity contribution in [2.24, 2.45) is 0 Å². The van der Waals surface area contributed by atoms with Gasteiger partial charge in [-0.1, -0.05) is 24.6 Å². The number of benzene rings is 1. The van der Waals surface area contributed by atoms with Crippen LogP contribution in [0.3, 0.4) is 0 Å². The predicted molar refractivity (Wildman–Crippen MR) is 125 cm³/mol. The minimum Gasteiger partial charge on any atom is -0.379 e. The third-order valence-corrected chi connectivity index (χ3v) is 6.09. The number of ether oxygens (including phenoxy) is 4. The monoisotopic (exact) mass is 486 g/mol. The maximum absolute atomic E-state index is 12.1. The molecule has 0 spiro atoms. The zero-order valence-corrected chi connectivity index (χ0v) is 20.6. The van der Waals surface area contributed by atoms with Gasteiger partial charge in [0, 0.05) is 32.1 Å². The van der Waals surface area contributed by atoms with Gasteiger partial charge in [-0.3, -0.25) is 4.18 Å². The van der Waals surface area contributed by atoms with Crippen LogP contribution in [0.1, 0.15) is 18.9 Å². The average molecular weight is 487 g/mol. The first-order valence-electron chi connectivity index (χ1n) is 11.4. The Morgan fingerprint density at radius 1 is 0.727 bits per heavy atom. The van der Waals surface area contributed by atoms with Crippen LogP contribution < -0.4 is 0 Å². The number of nitrogens with zero attached hydrogens (tertiary/aromatic N) is 2. The number of aryl methyl sites for hydroxylation is 1. The molecular formula is C23H38N2O7S. The lowest BCUT2D eigenvalue weighted by Crippen LogP contribution is -2.30. The Morgan fingerprint density at radius 3 is 1.76 bits per heavy atom.